The van der Waals surface area contributed by atoms with E-state index in [1.54, 1.807) is 0 Å². The van der Waals surface area contributed by atoms with Gasteiger partial charge in [-0.1, -0.05) is 6.42 Å². The van der Waals surface area contributed by atoms with Gasteiger partial charge in [-0.2, -0.15) is 0 Å². The molecule has 0 spiro atoms. The molecule has 2 heterocycles. The maximum atomic E-state index is 5.56. The van der Waals surface area contributed by atoms with Crippen LogP contribution in [-0.4, -0.2) is 29.1 Å². The third kappa shape index (κ3) is 1.81. The third-order valence-corrected chi connectivity index (χ3v) is 3.86. The topological polar surface area (TPSA) is 41.3 Å². The van der Waals surface area contributed by atoms with Gasteiger partial charge in [-0.25, -0.2) is 0 Å². The lowest BCUT2D eigenvalue weighted by atomic mass is 9.81. The number of nitrogens with two attached hydrogens (primary N) is 1. The summed E-state index contributed by atoms with van der Waals surface area (Å²) in [6, 6.07) is 2.82. The zero-order valence-electron chi connectivity index (χ0n) is 9.37. The standard InChI is InChI=1S/C11H23N3/c1-8(2)14-10-4-3-5-11(14)7-9(6-10)13-12/h8-11,13H,3-7,12H2,1-2H3/t10-,11-/m1/s1. The van der Waals surface area contributed by atoms with Crippen molar-refractivity contribution < 1.29 is 0 Å². The van der Waals surface area contributed by atoms with Crippen LogP contribution in [0.3, 0.4) is 0 Å². The molecule has 3 heteroatoms. The van der Waals surface area contributed by atoms with Crippen LogP contribution in [0.25, 0.3) is 0 Å². The van der Waals surface area contributed by atoms with Gasteiger partial charge < -0.3 is 0 Å². The van der Waals surface area contributed by atoms with E-state index in [4.69, 9.17) is 5.84 Å². The summed E-state index contributed by atoms with van der Waals surface area (Å²) < 4.78 is 0. The number of hydrazine groups is 1. The van der Waals surface area contributed by atoms with Crippen LogP contribution in [0.15, 0.2) is 0 Å². The molecular weight excluding hydrogens is 174 g/mol. The van der Waals surface area contributed by atoms with E-state index < -0.39 is 0 Å². The van der Waals surface area contributed by atoms with Gasteiger partial charge in [-0.05, 0) is 39.5 Å². The second kappa shape index (κ2) is 4.17. The van der Waals surface area contributed by atoms with E-state index in [0.717, 1.165) is 12.1 Å². The Kier molecular flexibility index (Phi) is 3.10. The van der Waals surface area contributed by atoms with Crippen LogP contribution in [0.1, 0.15) is 46.0 Å². The summed E-state index contributed by atoms with van der Waals surface area (Å²) in [7, 11) is 0. The number of hydrogen-bond donors (Lipinski definition) is 2. The van der Waals surface area contributed by atoms with E-state index in [1.165, 1.54) is 32.1 Å². The van der Waals surface area contributed by atoms with Crippen molar-refractivity contribution in [1.29, 1.82) is 0 Å². The Hall–Kier alpha value is -0.120. The monoisotopic (exact) mass is 197 g/mol. The van der Waals surface area contributed by atoms with Crippen molar-refractivity contribution in [1.82, 2.24) is 10.3 Å². The number of fused-ring (bicyclic) bond motifs is 2. The third-order valence-electron chi connectivity index (χ3n) is 3.86. The molecule has 2 bridgehead atoms. The highest BCUT2D eigenvalue weighted by Crippen LogP contribution is 2.35. The van der Waals surface area contributed by atoms with Crippen LogP contribution >= 0.6 is 0 Å². The average Bonchev–Trinajstić information content (AvgIpc) is 2.15. The Bertz CT molecular complexity index is 179. The largest absolute Gasteiger partial charge is 0.295 e. The minimum absolute atomic E-state index is 0.556. The highest BCUT2D eigenvalue weighted by molar-refractivity contribution is 4.95. The van der Waals surface area contributed by atoms with Gasteiger partial charge in [0.1, 0.15) is 0 Å². The first-order valence-corrected chi connectivity index (χ1v) is 5.96. The zero-order valence-corrected chi connectivity index (χ0v) is 9.37. The van der Waals surface area contributed by atoms with Crippen LogP contribution in [-0.2, 0) is 0 Å². The maximum Gasteiger partial charge on any atom is 0.0240 e. The van der Waals surface area contributed by atoms with E-state index in [0.29, 0.717) is 12.1 Å². The molecule has 0 amide bonds. The first-order chi connectivity index (χ1) is 6.72. The van der Waals surface area contributed by atoms with Crippen LogP contribution in [0.2, 0.25) is 0 Å². The van der Waals surface area contributed by atoms with Crippen LogP contribution in [0.5, 0.6) is 0 Å². The molecule has 3 N–H and O–H groups in total. The Balaban J connectivity index is 2.07. The van der Waals surface area contributed by atoms with E-state index >= 15 is 0 Å². The molecule has 2 atom stereocenters. The number of hydrogen-bond acceptors (Lipinski definition) is 3. The second-order valence-corrected chi connectivity index (χ2v) is 5.11. The number of piperidine rings is 2. The summed E-state index contributed by atoms with van der Waals surface area (Å²) in [4.78, 5) is 2.72. The smallest absolute Gasteiger partial charge is 0.0240 e. The summed E-state index contributed by atoms with van der Waals surface area (Å²) in [6.07, 6.45) is 6.63. The van der Waals surface area contributed by atoms with Gasteiger partial charge in [0, 0.05) is 24.2 Å². The van der Waals surface area contributed by atoms with Gasteiger partial charge in [0.05, 0.1) is 0 Å². The van der Waals surface area contributed by atoms with Gasteiger partial charge in [-0.15, -0.1) is 0 Å². The zero-order chi connectivity index (χ0) is 10.1. The first kappa shape index (κ1) is 10.4. The molecule has 2 saturated heterocycles. The number of nitrogens with one attached hydrogen (secondary N) is 1. The highest BCUT2D eigenvalue weighted by atomic mass is 15.3. The lowest BCUT2D eigenvalue weighted by Gasteiger charge is -2.50. The molecule has 2 fully saturated rings. The molecule has 0 saturated carbocycles. The Morgan fingerprint density at radius 2 is 1.79 bits per heavy atom. The van der Waals surface area contributed by atoms with Crippen molar-refractivity contribution in [2.45, 2.75) is 70.1 Å². The first-order valence-electron chi connectivity index (χ1n) is 5.96. The Morgan fingerprint density at radius 1 is 1.21 bits per heavy atom. The lowest BCUT2D eigenvalue weighted by molar-refractivity contribution is 0.000218. The fraction of sp³-hybridized carbons (Fsp3) is 1.00. The van der Waals surface area contributed by atoms with Crippen molar-refractivity contribution in [3.05, 3.63) is 0 Å². The van der Waals surface area contributed by atoms with Gasteiger partial charge >= 0.3 is 0 Å². The minimum atomic E-state index is 0.556. The molecule has 14 heavy (non-hydrogen) atoms. The SMILES string of the molecule is CC(C)N1[C@@H]2CCC[C@@H]1CC(NN)C2. The average molecular weight is 197 g/mol. The fourth-order valence-electron chi connectivity index (χ4n) is 3.40. The number of nitrogens with zero attached hydrogens (tertiary/aromatic N) is 1. The molecular formula is C11H23N3. The summed E-state index contributed by atoms with van der Waals surface area (Å²) in [5.74, 6) is 5.56. The quantitative estimate of drug-likeness (QED) is 0.517. The Labute approximate surface area is 87.0 Å². The molecule has 82 valence electrons. The lowest BCUT2D eigenvalue weighted by Crippen LogP contribution is -2.59. The predicted octanol–water partition coefficient (Wildman–Crippen LogP) is 1.24. The van der Waals surface area contributed by atoms with Crippen molar-refractivity contribution in [3.63, 3.8) is 0 Å². The van der Waals surface area contributed by atoms with Gasteiger partial charge in [0.2, 0.25) is 0 Å². The van der Waals surface area contributed by atoms with Crippen molar-refractivity contribution in [3.8, 4) is 0 Å². The highest BCUT2D eigenvalue weighted by Gasteiger charge is 2.38. The van der Waals surface area contributed by atoms with Crippen LogP contribution in [0, 0.1) is 0 Å². The van der Waals surface area contributed by atoms with Crippen LogP contribution in [0.4, 0.5) is 0 Å². The molecule has 0 unspecified atom stereocenters. The van der Waals surface area contributed by atoms with E-state index in [1.807, 2.05) is 0 Å². The van der Waals surface area contributed by atoms with E-state index in [-0.39, 0.29) is 0 Å². The van der Waals surface area contributed by atoms with Crippen molar-refractivity contribution >= 4 is 0 Å². The molecule has 0 aromatic carbocycles. The Morgan fingerprint density at radius 3 is 2.21 bits per heavy atom. The fourth-order valence-corrected chi connectivity index (χ4v) is 3.40. The van der Waals surface area contributed by atoms with Gasteiger partial charge in [0.25, 0.3) is 0 Å². The maximum absolute atomic E-state index is 5.56. The van der Waals surface area contributed by atoms with E-state index in [9.17, 15) is 0 Å². The number of rotatable bonds is 2. The molecule has 0 aromatic heterocycles. The molecule has 2 rings (SSSR count). The van der Waals surface area contributed by atoms with Crippen molar-refractivity contribution in [2.24, 2.45) is 5.84 Å². The predicted molar refractivity (Wildman–Crippen MR) is 58.7 cm³/mol. The van der Waals surface area contributed by atoms with Gasteiger partial charge in [0.15, 0.2) is 0 Å². The molecule has 0 radical (unpaired) electrons. The summed E-state index contributed by atoms with van der Waals surface area (Å²) in [5, 5.41) is 0. The molecule has 2 aliphatic heterocycles. The van der Waals surface area contributed by atoms with Crippen LogP contribution < -0.4 is 11.3 Å². The molecule has 0 aliphatic carbocycles. The van der Waals surface area contributed by atoms with Crippen molar-refractivity contribution in [2.75, 3.05) is 0 Å². The van der Waals surface area contributed by atoms with E-state index in [2.05, 4.69) is 24.2 Å². The molecule has 2 aliphatic rings. The second-order valence-electron chi connectivity index (χ2n) is 5.11. The molecule has 3 nitrogen and oxygen atoms in total. The minimum Gasteiger partial charge on any atom is -0.295 e. The van der Waals surface area contributed by atoms with Gasteiger partial charge in [-0.3, -0.25) is 16.2 Å². The summed E-state index contributed by atoms with van der Waals surface area (Å²) >= 11 is 0. The molecule has 0 aromatic rings. The normalized spacial score (nSPS) is 39.0. The summed E-state index contributed by atoms with van der Waals surface area (Å²) in [5.41, 5.74) is 2.97. The summed E-state index contributed by atoms with van der Waals surface area (Å²) in [6.45, 7) is 4.64.